The van der Waals surface area contributed by atoms with Gasteiger partial charge in [0.15, 0.2) is 27.5 Å². The number of hydrogen-bond acceptors (Lipinski definition) is 16. The van der Waals surface area contributed by atoms with Crippen molar-refractivity contribution in [2.75, 3.05) is 17.2 Å². The van der Waals surface area contributed by atoms with Crippen molar-refractivity contribution < 1.29 is 34.6 Å². The Labute approximate surface area is 251 Å². The molecule has 2 amide bonds. The molecule has 20 heteroatoms. The van der Waals surface area contributed by atoms with E-state index in [4.69, 9.17) is 10.6 Å². The Kier molecular flexibility index (Phi) is 8.38. The molecule has 0 unspecified atom stereocenters. The third-order valence-corrected chi connectivity index (χ3v) is 9.92. The Balaban J connectivity index is 1.31. The van der Waals surface area contributed by atoms with Crippen LogP contribution >= 0.6 is 46.2 Å². The predicted octanol–water partition coefficient (Wildman–Crippen LogP) is 0.442. The standard InChI is InChI=1S/C22H20N8O8S4/c1-8-26-27-22(42-8)41-6-9-5-39-19-15(18(34)30(19)16(9)20(35)36)25-17(33)14(11-7-40-21(23)24-11)28-38-4-10-2-12(31)13(32)3-29(10)37/h2-3,7,15,19,32,37H,4-6H2,1H3,(H2,23,24)(H,25,33)(H,35,36)/b28-14+/t15-,19-/m1/s1. The van der Waals surface area contributed by atoms with Crippen LogP contribution in [0.15, 0.2) is 43.2 Å². The number of β-lactam (4-membered cyclic amide) rings is 1. The van der Waals surface area contributed by atoms with Crippen molar-refractivity contribution in [3.63, 3.8) is 0 Å². The molecule has 1 saturated heterocycles. The van der Waals surface area contributed by atoms with Gasteiger partial charge in [-0.05, 0) is 12.5 Å². The first-order valence-electron chi connectivity index (χ1n) is 11.7. The number of nitrogen functional groups attached to an aromatic ring is 1. The molecule has 3 aromatic heterocycles. The summed E-state index contributed by atoms with van der Waals surface area (Å²) < 4.78 is 1.14. The number of pyridine rings is 1. The number of fused-ring (bicyclic) bond motifs is 1. The van der Waals surface area contributed by atoms with Gasteiger partial charge in [0.25, 0.3) is 11.8 Å². The van der Waals surface area contributed by atoms with E-state index in [2.05, 4.69) is 25.7 Å². The fourth-order valence-electron chi connectivity index (χ4n) is 3.91. The van der Waals surface area contributed by atoms with Gasteiger partial charge in [0.1, 0.15) is 33.5 Å². The SMILES string of the molecule is Cc1nnc(SCC2=C(C(=O)O)N3C(=O)[C@@H](NC(=O)/C(=N/OCc4cc(=O)c(O)cn4O)c4csc(N)n4)[C@H]3SC2)s1. The van der Waals surface area contributed by atoms with Gasteiger partial charge in [0.2, 0.25) is 5.43 Å². The van der Waals surface area contributed by atoms with Crippen LogP contribution in [0.1, 0.15) is 16.4 Å². The number of nitrogens with two attached hydrogens (primary N) is 1. The van der Waals surface area contributed by atoms with Gasteiger partial charge in [0, 0.05) is 23.0 Å². The first-order chi connectivity index (χ1) is 20.0. The van der Waals surface area contributed by atoms with Crippen LogP contribution < -0.4 is 16.5 Å². The number of rotatable bonds is 10. The molecular weight excluding hydrogens is 633 g/mol. The van der Waals surface area contributed by atoms with Crippen LogP contribution in [-0.4, -0.2) is 86.6 Å². The number of aliphatic carboxylic acids is 1. The summed E-state index contributed by atoms with van der Waals surface area (Å²) in [5.41, 5.74) is 4.97. The van der Waals surface area contributed by atoms with E-state index in [1.807, 2.05) is 6.92 Å². The van der Waals surface area contributed by atoms with Gasteiger partial charge in [-0.2, -0.15) is 4.73 Å². The molecule has 2 aliphatic heterocycles. The summed E-state index contributed by atoms with van der Waals surface area (Å²) in [5, 5.41) is 45.2. The number of oxime groups is 1. The highest BCUT2D eigenvalue weighted by Crippen LogP contribution is 2.41. The molecule has 0 radical (unpaired) electrons. The van der Waals surface area contributed by atoms with E-state index in [0.717, 1.165) is 33.5 Å². The number of carboxylic acids is 1. The topological polar surface area (TPSA) is 235 Å². The number of aryl methyl sites for hydroxylation is 1. The molecule has 5 heterocycles. The molecule has 0 bridgehead atoms. The highest BCUT2D eigenvalue weighted by molar-refractivity contribution is 8.01. The minimum Gasteiger partial charge on any atom is -0.503 e. The Morgan fingerprint density at radius 1 is 1.33 bits per heavy atom. The third-order valence-electron chi connectivity index (χ3n) is 5.85. The number of thiazole rings is 1. The Morgan fingerprint density at radius 2 is 2.12 bits per heavy atom. The largest absolute Gasteiger partial charge is 0.503 e. The lowest BCUT2D eigenvalue weighted by Gasteiger charge is -2.49. The summed E-state index contributed by atoms with van der Waals surface area (Å²) >= 11 is 5.05. The number of hydrogen-bond donors (Lipinski definition) is 5. The number of nitrogens with one attached hydrogen (secondary N) is 1. The van der Waals surface area contributed by atoms with Crippen LogP contribution in [0.2, 0.25) is 0 Å². The molecule has 1 fully saturated rings. The van der Waals surface area contributed by atoms with Gasteiger partial charge in [-0.25, -0.2) is 9.78 Å². The molecule has 3 aromatic rings. The molecule has 5 rings (SSSR count). The maximum atomic E-state index is 13.3. The smallest absolute Gasteiger partial charge is 0.352 e. The van der Waals surface area contributed by atoms with Gasteiger partial charge >= 0.3 is 5.97 Å². The first kappa shape index (κ1) is 29.4. The quantitative estimate of drug-likeness (QED) is 0.0657. The molecule has 2 atom stereocenters. The van der Waals surface area contributed by atoms with E-state index >= 15 is 0 Å². The van der Waals surface area contributed by atoms with Crippen molar-refractivity contribution in [3.05, 3.63) is 55.5 Å². The Morgan fingerprint density at radius 3 is 2.79 bits per heavy atom. The second-order valence-corrected chi connectivity index (χ2v) is 13.0. The van der Waals surface area contributed by atoms with E-state index in [9.17, 15) is 34.6 Å². The minimum absolute atomic E-state index is 0.0411. The Hall–Kier alpha value is -4.14. The fourth-order valence-corrected chi connectivity index (χ4v) is 7.76. The molecule has 6 N–H and O–H groups in total. The number of carboxylic acid groups (broad SMARTS) is 1. The summed E-state index contributed by atoms with van der Waals surface area (Å²) in [6.45, 7) is 1.34. The molecule has 0 aromatic carbocycles. The van der Waals surface area contributed by atoms with E-state index in [-0.39, 0.29) is 27.9 Å². The highest BCUT2D eigenvalue weighted by Gasteiger charge is 2.54. The van der Waals surface area contributed by atoms with Crippen molar-refractivity contribution in [1.82, 2.24) is 30.1 Å². The molecule has 16 nitrogen and oxygen atoms in total. The Bertz CT molecular complexity index is 1700. The first-order valence-corrected chi connectivity index (χ1v) is 15.5. The van der Waals surface area contributed by atoms with Crippen LogP contribution in [0.5, 0.6) is 5.75 Å². The maximum absolute atomic E-state index is 13.3. The van der Waals surface area contributed by atoms with E-state index < -0.39 is 47.0 Å². The monoisotopic (exact) mass is 652 g/mol. The highest BCUT2D eigenvalue weighted by atomic mass is 32.2. The van der Waals surface area contributed by atoms with Crippen LogP contribution in [0, 0.1) is 6.92 Å². The number of carbonyl (C=O) groups is 3. The van der Waals surface area contributed by atoms with Crippen molar-refractivity contribution in [2.45, 2.75) is 29.3 Å². The summed E-state index contributed by atoms with van der Waals surface area (Å²) in [6.07, 6.45) is 0.774. The number of thioether (sulfide) groups is 2. The van der Waals surface area contributed by atoms with E-state index in [1.165, 1.54) is 40.2 Å². The average molecular weight is 653 g/mol. The van der Waals surface area contributed by atoms with Crippen LogP contribution in [0.3, 0.4) is 0 Å². The number of amides is 2. The molecule has 0 aliphatic carbocycles. The normalized spacial score (nSPS) is 18.5. The van der Waals surface area contributed by atoms with Crippen molar-refractivity contribution in [2.24, 2.45) is 5.16 Å². The number of aromatic nitrogens is 4. The third kappa shape index (κ3) is 5.91. The number of aromatic hydroxyl groups is 1. The van der Waals surface area contributed by atoms with Gasteiger partial charge in [-0.15, -0.1) is 33.3 Å². The van der Waals surface area contributed by atoms with Gasteiger partial charge in [-0.3, -0.25) is 19.3 Å². The van der Waals surface area contributed by atoms with Crippen molar-refractivity contribution >= 4 is 74.8 Å². The maximum Gasteiger partial charge on any atom is 0.352 e. The minimum atomic E-state index is -1.26. The van der Waals surface area contributed by atoms with E-state index in [1.54, 1.807) is 0 Å². The summed E-state index contributed by atoms with van der Waals surface area (Å²) in [7, 11) is 0. The zero-order valence-electron chi connectivity index (χ0n) is 21.3. The van der Waals surface area contributed by atoms with Crippen LogP contribution in [-0.2, 0) is 25.8 Å². The second-order valence-electron chi connectivity index (χ2n) is 8.64. The number of carbonyl (C=O) groups excluding carboxylic acids is 2. The molecule has 0 spiro atoms. The van der Waals surface area contributed by atoms with Crippen molar-refractivity contribution in [3.8, 4) is 5.75 Å². The number of nitrogens with zero attached hydrogens (tertiary/aromatic N) is 6. The van der Waals surface area contributed by atoms with E-state index in [0.29, 0.717) is 26.1 Å². The summed E-state index contributed by atoms with van der Waals surface area (Å²) in [4.78, 5) is 60.6. The van der Waals surface area contributed by atoms with Crippen molar-refractivity contribution in [1.29, 1.82) is 0 Å². The molecule has 2 aliphatic rings. The van der Waals surface area contributed by atoms with Gasteiger partial charge in [0.05, 0.1) is 6.20 Å². The molecule has 220 valence electrons. The zero-order valence-corrected chi connectivity index (χ0v) is 24.6. The van der Waals surface area contributed by atoms with Gasteiger partial charge < -0.3 is 31.3 Å². The summed E-state index contributed by atoms with van der Waals surface area (Å²) in [6, 6.07) is -0.138. The molecule has 0 saturated carbocycles. The predicted molar refractivity (Wildman–Crippen MR) is 152 cm³/mol. The zero-order chi connectivity index (χ0) is 30.1. The second kappa shape index (κ2) is 12.0. The van der Waals surface area contributed by atoms with Crippen LogP contribution in [0.25, 0.3) is 0 Å². The molecule has 42 heavy (non-hydrogen) atoms. The lowest BCUT2D eigenvalue weighted by molar-refractivity contribution is -0.150. The fraction of sp³-hybridized carbons (Fsp3) is 0.273. The lowest BCUT2D eigenvalue weighted by atomic mass is 10.0. The number of anilines is 1. The summed E-state index contributed by atoms with van der Waals surface area (Å²) in [5.74, 6) is -2.78. The lowest BCUT2D eigenvalue weighted by Crippen LogP contribution is -2.71. The van der Waals surface area contributed by atoms with Crippen LogP contribution in [0.4, 0.5) is 5.13 Å². The van der Waals surface area contributed by atoms with Gasteiger partial charge in [-0.1, -0.05) is 28.3 Å². The average Bonchev–Trinajstić information content (AvgIpc) is 3.57. The molecular formula is C22H20N8O8S4.